The molecule has 7 heteroatoms. The van der Waals surface area contributed by atoms with Gasteiger partial charge in [0, 0.05) is 5.92 Å². The van der Waals surface area contributed by atoms with Crippen LogP contribution < -0.4 is 10.6 Å². The van der Waals surface area contributed by atoms with Crippen molar-refractivity contribution in [1.29, 1.82) is 0 Å². The molecule has 0 radical (unpaired) electrons. The lowest BCUT2D eigenvalue weighted by atomic mass is 9.95. The summed E-state index contributed by atoms with van der Waals surface area (Å²) in [6, 6.07) is 4.78. The maximum Gasteiger partial charge on any atom is 0.251 e. The molecule has 2 fully saturated rings. The van der Waals surface area contributed by atoms with Crippen molar-refractivity contribution in [2.75, 3.05) is 18.0 Å². The van der Waals surface area contributed by atoms with Crippen LogP contribution in [0, 0.1) is 11.7 Å². The van der Waals surface area contributed by atoms with Crippen molar-refractivity contribution in [3.8, 4) is 0 Å². The maximum absolute atomic E-state index is 13.0. The van der Waals surface area contributed by atoms with Crippen LogP contribution in [0.25, 0.3) is 0 Å². The fraction of sp³-hybridized carbons (Fsp3) is 0.438. The molecule has 0 spiro atoms. The molecule has 1 aromatic carbocycles. The van der Waals surface area contributed by atoms with Crippen LogP contribution in [0.5, 0.6) is 0 Å². The molecule has 2 saturated heterocycles. The molecular formula is C16H18FN3O3. The molecule has 1 aromatic rings. The number of nitrogens with two attached hydrogens (primary N) is 1. The first-order valence-electron chi connectivity index (χ1n) is 7.63. The van der Waals surface area contributed by atoms with Gasteiger partial charge in [-0.3, -0.25) is 19.3 Å². The fourth-order valence-electron chi connectivity index (χ4n) is 3.26. The van der Waals surface area contributed by atoms with E-state index in [0.717, 1.165) is 4.90 Å². The number of primary amides is 1. The molecule has 2 heterocycles. The van der Waals surface area contributed by atoms with Gasteiger partial charge in [-0.2, -0.15) is 0 Å². The second-order valence-electron chi connectivity index (χ2n) is 5.98. The van der Waals surface area contributed by atoms with Gasteiger partial charge in [0.2, 0.25) is 11.8 Å². The number of piperidine rings is 1. The van der Waals surface area contributed by atoms with Crippen molar-refractivity contribution in [2.24, 2.45) is 11.7 Å². The fourth-order valence-corrected chi connectivity index (χ4v) is 3.26. The highest BCUT2D eigenvalue weighted by atomic mass is 19.1. The van der Waals surface area contributed by atoms with Gasteiger partial charge in [-0.05, 0) is 50.2 Å². The highest BCUT2D eigenvalue weighted by molar-refractivity contribution is 6.22. The van der Waals surface area contributed by atoms with E-state index in [1.165, 1.54) is 24.3 Å². The van der Waals surface area contributed by atoms with Gasteiger partial charge >= 0.3 is 0 Å². The summed E-state index contributed by atoms with van der Waals surface area (Å²) in [5.74, 6) is -1.47. The lowest BCUT2D eigenvalue weighted by Crippen LogP contribution is -2.47. The minimum absolute atomic E-state index is 0.109. The maximum atomic E-state index is 13.0. The van der Waals surface area contributed by atoms with Crippen LogP contribution in [0.3, 0.4) is 0 Å². The molecule has 122 valence electrons. The Morgan fingerprint density at radius 1 is 1.13 bits per heavy atom. The van der Waals surface area contributed by atoms with E-state index in [1.54, 1.807) is 0 Å². The van der Waals surface area contributed by atoms with Gasteiger partial charge in [-0.1, -0.05) is 0 Å². The third kappa shape index (κ3) is 2.96. The number of hydrogen-bond acceptors (Lipinski definition) is 4. The highest BCUT2D eigenvalue weighted by Crippen LogP contribution is 2.28. The van der Waals surface area contributed by atoms with Gasteiger partial charge in [0.05, 0.1) is 18.2 Å². The Kier molecular flexibility index (Phi) is 4.12. The van der Waals surface area contributed by atoms with Crippen LogP contribution in [-0.2, 0) is 14.4 Å². The number of benzene rings is 1. The van der Waals surface area contributed by atoms with Gasteiger partial charge in [-0.25, -0.2) is 9.29 Å². The third-order valence-corrected chi connectivity index (χ3v) is 4.58. The van der Waals surface area contributed by atoms with Gasteiger partial charge in [-0.15, -0.1) is 0 Å². The molecule has 0 unspecified atom stereocenters. The number of nitrogens with zero attached hydrogens (tertiary/aromatic N) is 2. The standard InChI is InChI=1S/C16H18FN3O3/c17-11-1-3-12(4-2-11)20-14(21)9-13(16(20)23)19-7-5-10(6-8-19)15(18)22/h1-4,10,13H,5-9H2,(H2,18,22)/t13-/m1/s1. The molecule has 3 rings (SSSR count). The Balaban J connectivity index is 1.72. The number of carbonyl (C=O) groups excluding carboxylic acids is 3. The number of anilines is 1. The van der Waals surface area contributed by atoms with Crippen LogP contribution in [0.1, 0.15) is 19.3 Å². The first-order chi connectivity index (χ1) is 11.0. The Hall–Kier alpha value is -2.28. The summed E-state index contributed by atoms with van der Waals surface area (Å²) in [6.07, 6.45) is 1.31. The largest absolute Gasteiger partial charge is 0.369 e. The number of hydrogen-bond donors (Lipinski definition) is 1. The summed E-state index contributed by atoms with van der Waals surface area (Å²) in [6.45, 7) is 1.13. The first kappa shape index (κ1) is 15.6. The minimum Gasteiger partial charge on any atom is -0.369 e. The van der Waals surface area contributed by atoms with E-state index in [0.29, 0.717) is 31.6 Å². The number of likely N-dealkylation sites (tertiary alicyclic amines) is 1. The minimum atomic E-state index is -0.513. The molecular weight excluding hydrogens is 301 g/mol. The monoisotopic (exact) mass is 319 g/mol. The SMILES string of the molecule is NC(=O)C1CCN([C@@H]2CC(=O)N(c3ccc(F)cc3)C2=O)CC1. The molecule has 2 aliphatic heterocycles. The quantitative estimate of drug-likeness (QED) is 0.829. The Bertz CT molecular complexity index is 638. The van der Waals surface area contributed by atoms with Crippen molar-refractivity contribution >= 4 is 23.4 Å². The number of amides is 3. The summed E-state index contributed by atoms with van der Waals surface area (Å²) in [5.41, 5.74) is 5.69. The van der Waals surface area contributed by atoms with E-state index in [2.05, 4.69) is 0 Å². The summed E-state index contributed by atoms with van der Waals surface area (Å²) in [7, 11) is 0. The molecule has 23 heavy (non-hydrogen) atoms. The molecule has 0 saturated carbocycles. The van der Waals surface area contributed by atoms with E-state index in [-0.39, 0.29) is 30.1 Å². The summed E-state index contributed by atoms with van der Waals surface area (Å²) >= 11 is 0. The zero-order valence-electron chi connectivity index (χ0n) is 12.6. The van der Waals surface area contributed by atoms with Crippen LogP contribution in [-0.4, -0.2) is 41.8 Å². The highest BCUT2D eigenvalue weighted by Gasteiger charge is 2.43. The zero-order valence-corrected chi connectivity index (χ0v) is 12.6. The predicted molar refractivity (Wildman–Crippen MR) is 80.8 cm³/mol. The number of carbonyl (C=O) groups is 3. The Morgan fingerprint density at radius 2 is 1.74 bits per heavy atom. The second-order valence-corrected chi connectivity index (χ2v) is 5.98. The van der Waals surface area contributed by atoms with Crippen LogP contribution in [0.15, 0.2) is 24.3 Å². The number of imide groups is 1. The lowest BCUT2D eigenvalue weighted by Gasteiger charge is -2.33. The van der Waals surface area contributed by atoms with E-state index in [9.17, 15) is 18.8 Å². The van der Waals surface area contributed by atoms with E-state index < -0.39 is 11.9 Å². The molecule has 3 amide bonds. The summed E-state index contributed by atoms with van der Waals surface area (Å²) in [4.78, 5) is 39.1. The summed E-state index contributed by atoms with van der Waals surface area (Å²) in [5, 5.41) is 0. The van der Waals surface area contributed by atoms with Crippen molar-refractivity contribution < 1.29 is 18.8 Å². The molecule has 0 aliphatic carbocycles. The van der Waals surface area contributed by atoms with Crippen LogP contribution in [0.2, 0.25) is 0 Å². The van der Waals surface area contributed by atoms with E-state index >= 15 is 0 Å². The lowest BCUT2D eigenvalue weighted by molar-refractivity contribution is -0.124. The van der Waals surface area contributed by atoms with Gasteiger partial charge in [0.15, 0.2) is 0 Å². The average molecular weight is 319 g/mol. The third-order valence-electron chi connectivity index (χ3n) is 4.58. The Morgan fingerprint density at radius 3 is 2.30 bits per heavy atom. The smallest absolute Gasteiger partial charge is 0.251 e. The number of halogens is 1. The summed E-state index contributed by atoms with van der Waals surface area (Å²) < 4.78 is 13.0. The molecule has 0 bridgehead atoms. The molecule has 0 aromatic heterocycles. The topological polar surface area (TPSA) is 83.7 Å². The first-order valence-corrected chi connectivity index (χ1v) is 7.63. The molecule has 2 N–H and O–H groups in total. The van der Waals surface area contributed by atoms with Crippen LogP contribution >= 0.6 is 0 Å². The van der Waals surface area contributed by atoms with Crippen molar-refractivity contribution in [2.45, 2.75) is 25.3 Å². The average Bonchev–Trinajstić information content (AvgIpc) is 2.83. The van der Waals surface area contributed by atoms with Gasteiger partial charge < -0.3 is 5.73 Å². The van der Waals surface area contributed by atoms with E-state index in [1.807, 2.05) is 4.90 Å². The van der Waals surface area contributed by atoms with Crippen LogP contribution in [0.4, 0.5) is 10.1 Å². The second kappa shape index (κ2) is 6.08. The predicted octanol–water partition coefficient (Wildman–Crippen LogP) is 0.655. The van der Waals surface area contributed by atoms with Crippen molar-refractivity contribution in [3.63, 3.8) is 0 Å². The zero-order chi connectivity index (χ0) is 16.6. The van der Waals surface area contributed by atoms with E-state index in [4.69, 9.17) is 5.73 Å². The Labute approximate surface area is 133 Å². The molecule has 2 aliphatic rings. The van der Waals surface area contributed by atoms with Crippen molar-refractivity contribution in [3.05, 3.63) is 30.1 Å². The molecule has 6 nitrogen and oxygen atoms in total. The number of rotatable bonds is 3. The van der Waals surface area contributed by atoms with Crippen molar-refractivity contribution in [1.82, 2.24) is 4.90 Å². The van der Waals surface area contributed by atoms with Gasteiger partial charge in [0.25, 0.3) is 5.91 Å². The van der Waals surface area contributed by atoms with Gasteiger partial charge in [0.1, 0.15) is 5.82 Å². The molecule has 1 atom stereocenters. The normalized spacial score (nSPS) is 23.5.